The summed E-state index contributed by atoms with van der Waals surface area (Å²) in [6.45, 7) is 4.54. The first-order chi connectivity index (χ1) is 8.19. The van der Waals surface area contributed by atoms with Crippen molar-refractivity contribution < 1.29 is 0 Å². The van der Waals surface area contributed by atoms with Crippen molar-refractivity contribution in [2.45, 2.75) is 58.3 Å². The molecule has 3 heteroatoms. The highest BCUT2D eigenvalue weighted by molar-refractivity contribution is 7.71. The van der Waals surface area contributed by atoms with Crippen LogP contribution in [0.4, 0.5) is 0 Å². The summed E-state index contributed by atoms with van der Waals surface area (Å²) in [5.74, 6) is 2.62. The van der Waals surface area contributed by atoms with Gasteiger partial charge in [0, 0.05) is 11.6 Å². The summed E-state index contributed by atoms with van der Waals surface area (Å²) in [6, 6.07) is 2.01. The van der Waals surface area contributed by atoms with Crippen LogP contribution in [0.3, 0.4) is 0 Å². The van der Waals surface area contributed by atoms with Crippen LogP contribution in [-0.2, 0) is 6.42 Å². The first kappa shape index (κ1) is 12.7. The summed E-state index contributed by atoms with van der Waals surface area (Å²) in [5, 5.41) is 0. The topological polar surface area (TPSA) is 28.7 Å². The minimum absolute atomic E-state index is 0.602. The van der Waals surface area contributed by atoms with E-state index in [4.69, 9.17) is 12.2 Å². The summed E-state index contributed by atoms with van der Waals surface area (Å²) in [5.41, 5.74) is 1.25. The van der Waals surface area contributed by atoms with Gasteiger partial charge >= 0.3 is 0 Å². The second kappa shape index (κ2) is 5.76. The molecule has 2 nitrogen and oxygen atoms in total. The SMILES string of the molecule is CCCc1cc(=S)nc(C2CCC(C)CC2)[nH]1. The predicted octanol–water partition coefficient (Wildman–Crippen LogP) is 4.39. The van der Waals surface area contributed by atoms with Gasteiger partial charge in [0.25, 0.3) is 0 Å². The van der Waals surface area contributed by atoms with Crippen molar-refractivity contribution in [1.29, 1.82) is 0 Å². The minimum Gasteiger partial charge on any atom is -0.347 e. The molecule has 0 atom stereocenters. The molecule has 0 aliphatic heterocycles. The van der Waals surface area contributed by atoms with Crippen LogP contribution in [0.1, 0.15) is 63.4 Å². The lowest BCUT2D eigenvalue weighted by atomic mass is 9.82. The first-order valence-electron chi connectivity index (χ1n) is 6.79. The second-order valence-electron chi connectivity index (χ2n) is 5.34. The molecule has 0 amide bonds. The zero-order valence-electron chi connectivity index (χ0n) is 10.8. The van der Waals surface area contributed by atoms with Gasteiger partial charge in [-0.3, -0.25) is 0 Å². The Kier molecular flexibility index (Phi) is 4.32. The van der Waals surface area contributed by atoms with E-state index in [2.05, 4.69) is 23.8 Å². The van der Waals surface area contributed by atoms with Crippen LogP contribution < -0.4 is 0 Å². The van der Waals surface area contributed by atoms with Crippen molar-refractivity contribution in [1.82, 2.24) is 9.97 Å². The molecule has 1 fully saturated rings. The molecular weight excluding hydrogens is 228 g/mol. The fourth-order valence-corrected chi connectivity index (χ4v) is 2.90. The second-order valence-corrected chi connectivity index (χ2v) is 5.75. The molecule has 1 heterocycles. The molecule has 0 spiro atoms. The maximum Gasteiger partial charge on any atom is 0.129 e. The average molecular weight is 250 g/mol. The lowest BCUT2D eigenvalue weighted by Crippen LogP contribution is -2.14. The van der Waals surface area contributed by atoms with E-state index in [0.717, 1.165) is 29.2 Å². The van der Waals surface area contributed by atoms with Crippen molar-refractivity contribution in [3.05, 3.63) is 22.2 Å². The molecule has 1 N–H and O–H groups in total. The van der Waals surface area contributed by atoms with E-state index in [1.165, 1.54) is 31.4 Å². The van der Waals surface area contributed by atoms with Crippen LogP contribution in [0.15, 0.2) is 6.07 Å². The van der Waals surface area contributed by atoms with Crippen LogP contribution in [0.2, 0.25) is 0 Å². The van der Waals surface area contributed by atoms with Gasteiger partial charge in [-0.2, -0.15) is 0 Å². The largest absolute Gasteiger partial charge is 0.347 e. The highest BCUT2D eigenvalue weighted by atomic mass is 32.1. The zero-order chi connectivity index (χ0) is 12.3. The molecule has 94 valence electrons. The van der Waals surface area contributed by atoms with E-state index in [9.17, 15) is 0 Å². The Hall–Kier alpha value is -0.700. The molecule has 2 rings (SSSR count). The normalized spacial score (nSPS) is 24.8. The summed E-state index contributed by atoms with van der Waals surface area (Å²) in [7, 11) is 0. The third-order valence-electron chi connectivity index (χ3n) is 3.74. The molecule has 0 aromatic carbocycles. The van der Waals surface area contributed by atoms with Gasteiger partial charge < -0.3 is 4.98 Å². The molecule has 1 aromatic heterocycles. The standard InChI is InChI=1S/C14H22N2S/c1-3-4-12-9-13(17)16-14(15-12)11-7-5-10(2)6-8-11/h9-11H,3-8H2,1-2H3,(H,15,16,17). The molecule has 1 aromatic rings. The Bertz CT molecular complexity index is 416. The number of aryl methyl sites for hydroxylation is 1. The Balaban J connectivity index is 2.17. The van der Waals surface area contributed by atoms with Crippen LogP contribution in [0, 0.1) is 10.6 Å². The zero-order valence-corrected chi connectivity index (χ0v) is 11.6. The third kappa shape index (κ3) is 3.38. The quantitative estimate of drug-likeness (QED) is 0.806. The van der Waals surface area contributed by atoms with Gasteiger partial charge in [-0.05, 0) is 31.2 Å². The summed E-state index contributed by atoms with van der Waals surface area (Å²) in [4.78, 5) is 8.02. The number of H-pyrrole nitrogens is 1. The van der Waals surface area contributed by atoms with Gasteiger partial charge in [0.05, 0.1) is 0 Å². The fraction of sp³-hybridized carbons (Fsp3) is 0.714. The van der Waals surface area contributed by atoms with Crippen molar-refractivity contribution in [3.8, 4) is 0 Å². The monoisotopic (exact) mass is 250 g/mol. The number of rotatable bonds is 3. The number of aromatic nitrogens is 2. The van der Waals surface area contributed by atoms with E-state index in [0.29, 0.717) is 5.92 Å². The Morgan fingerprint density at radius 2 is 2.06 bits per heavy atom. The number of aromatic amines is 1. The number of nitrogens with one attached hydrogen (secondary N) is 1. The van der Waals surface area contributed by atoms with Gasteiger partial charge in [-0.25, -0.2) is 4.98 Å². The Morgan fingerprint density at radius 1 is 1.35 bits per heavy atom. The van der Waals surface area contributed by atoms with Gasteiger partial charge in [0.15, 0.2) is 0 Å². The first-order valence-corrected chi connectivity index (χ1v) is 7.20. The number of hydrogen-bond donors (Lipinski definition) is 1. The van der Waals surface area contributed by atoms with Crippen LogP contribution >= 0.6 is 12.2 Å². The Morgan fingerprint density at radius 3 is 2.71 bits per heavy atom. The summed E-state index contributed by atoms with van der Waals surface area (Å²) in [6.07, 6.45) is 7.39. The van der Waals surface area contributed by atoms with E-state index in [1.54, 1.807) is 0 Å². The van der Waals surface area contributed by atoms with Gasteiger partial charge in [0.1, 0.15) is 10.5 Å². The van der Waals surface area contributed by atoms with Gasteiger partial charge in [-0.1, -0.05) is 45.3 Å². The van der Waals surface area contributed by atoms with Crippen LogP contribution in [-0.4, -0.2) is 9.97 Å². The maximum atomic E-state index is 5.26. The molecule has 0 bridgehead atoms. The summed E-state index contributed by atoms with van der Waals surface area (Å²) >= 11 is 5.26. The molecule has 0 radical (unpaired) electrons. The maximum absolute atomic E-state index is 5.26. The average Bonchev–Trinajstić information content (AvgIpc) is 2.29. The minimum atomic E-state index is 0.602. The van der Waals surface area contributed by atoms with Crippen LogP contribution in [0.25, 0.3) is 0 Å². The van der Waals surface area contributed by atoms with Crippen molar-refractivity contribution in [2.24, 2.45) is 5.92 Å². The van der Waals surface area contributed by atoms with Crippen molar-refractivity contribution >= 4 is 12.2 Å². The number of hydrogen-bond acceptors (Lipinski definition) is 2. The molecule has 0 unspecified atom stereocenters. The molecular formula is C14H22N2S. The van der Waals surface area contributed by atoms with E-state index >= 15 is 0 Å². The number of nitrogens with zero attached hydrogens (tertiary/aromatic N) is 1. The molecule has 1 aliphatic rings. The van der Waals surface area contributed by atoms with Gasteiger partial charge in [0.2, 0.25) is 0 Å². The van der Waals surface area contributed by atoms with E-state index < -0.39 is 0 Å². The smallest absolute Gasteiger partial charge is 0.129 e. The molecule has 0 saturated heterocycles. The van der Waals surface area contributed by atoms with Crippen molar-refractivity contribution in [2.75, 3.05) is 0 Å². The van der Waals surface area contributed by atoms with Crippen molar-refractivity contribution in [3.63, 3.8) is 0 Å². The molecule has 1 aliphatic carbocycles. The van der Waals surface area contributed by atoms with E-state index in [1.807, 2.05) is 6.07 Å². The molecule has 17 heavy (non-hydrogen) atoms. The lowest BCUT2D eigenvalue weighted by molar-refractivity contribution is 0.339. The van der Waals surface area contributed by atoms with E-state index in [-0.39, 0.29) is 0 Å². The highest BCUT2D eigenvalue weighted by Gasteiger charge is 2.21. The summed E-state index contributed by atoms with van der Waals surface area (Å²) < 4.78 is 0.751. The van der Waals surface area contributed by atoms with Crippen LogP contribution in [0.5, 0.6) is 0 Å². The highest BCUT2D eigenvalue weighted by Crippen LogP contribution is 2.33. The predicted molar refractivity (Wildman–Crippen MR) is 73.8 cm³/mol. The Labute approximate surface area is 109 Å². The molecule has 1 saturated carbocycles. The lowest BCUT2D eigenvalue weighted by Gasteiger charge is -2.25. The third-order valence-corrected chi connectivity index (χ3v) is 3.95. The van der Waals surface area contributed by atoms with Gasteiger partial charge in [-0.15, -0.1) is 0 Å². The fourth-order valence-electron chi connectivity index (χ4n) is 2.66.